The first-order valence-corrected chi connectivity index (χ1v) is 25.9. The maximum Gasteiger partial charge on any atom is 0.0540 e. The Kier molecular flexibility index (Phi) is 11.7. The van der Waals surface area contributed by atoms with Crippen molar-refractivity contribution < 1.29 is 0 Å². The summed E-state index contributed by atoms with van der Waals surface area (Å²) in [7, 11) is 0. The zero-order chi connectivity index (χ0) is 50.8. The van der Waals surface area contributed by atoms with Crippen molar-refractivity contribution in [2.75, 3.05) is 9.80 Å². The summed E-state index contributed by atoms with van der Waals surface area (Å²) < 4.78 is 0. The second-order valence-electron chi connectivity index (χ2n) is 21.0. The Labute approximate surface area is 436 Å². The molecule has 0 spiro atoms. The van der Waals surface area contributed by atoms with Crippen LogP contribution in [0.4, 0.5) is 34.1 Å². The van der Waals surface area contributed by atoms with Gasteiger partial charge in [0.2, 0.25) is 0 Å². The Morgan fingerprint density at radius 2 is 0.500 bits per heavy atom. The summed E-state index contributed by atoms with van der Waals surface area (Å²) in [6.07, 6.45) is 0. The van der Waals surface area contributed by atoms with Gasteiger partial charge in [0.15, 0.2) is 0 Å². The van der Waals surface area contributed by atoms with E-state index in [1.54, 1.807) is 0 Å². The molecule has 0 atom stereocenters. The van der Waals surface area contributed by atoms with Gasteiger partial charge in [0.25, 0.3) is 0 Å². The molecule has 0 unspecified atom stereocenters. The van der Waals surface area contributed by atoms with E-state index >= 15 is 0 Å². The number of rotatable bonds is 10. The van der Waals surface area contributed by atoms with Gasteiger partial charge in [0.1, 0.15) is 0 Å². The van der Waals surface area contributed by atoms with Gasteiger partial charge in [-0.3, -0.25) is 0 Å². The smallest absolute Gasteiger partial charge is 0.0540 e. The van der Waals surface area contributed by atoms with Gasteiger partial charge in [-0.15, -0.1) is 0 Å². The van der Waals surface area contributed by atoms with Gasteiger partial charge in [0.05, 0.1) is 11.4 Å². The van der Waals surface area contributed by atoms with Crippen molar-refractivity contribution in [3.05, 3.63) is 263 Å². The van der Waals surface area contributed by atoms with Crippen molar-refractivity contribution in [2.24, 2.45) is 0 Å². The van der Waals surface area contributed by atoms with Crippen LogP contribution in [0, 0.1) is 55.4 Å². The van der Waals surface area contributed by atoms with Gasteiger partial charge < -0.3 is 9.80 Å². The largest absolute Gasteiger partial charge is 0.310 e. The summed E-state index contributed by atoms with van der Waals surface area (Å²) in [5.74, 6) is 0. The molecule has 0 saturated heterocycles. The van der Waals surface area contributed by atoms with Crippen molar-refractivity contribution in [1.29, 1.82) is 0 Å². The highest BCUT2D eigenvalue weighted by Crippen LogP contribution is 2.50. The van der Waals surface area contributed by atoms with Crippen LogP contribution < -0.4 is 9.80 Å². The first-order chi connectivity index (χ1) is 35.9. The normalized spacial score (nSPS) is 11.5. The minimum atomic E-state index is 1.11. The molecule has 0 radical (unpaired) electrons. The lowest BCUT2D eigenvalue weighted by Gasteiger charge is -2.31. The summed E-state index contributed by atoms with van der Waals surface area (Å²) >= 11 is 0. The standard InChI is InChI=1S/C72H60N2/c1-45-13-9-17-55(31-45)59-39-60(56-18-10-14-46(2)32-56)42-65(41-59)73(63-35-49(5)29-50(6)36-63)69-27-23-53-22-26-68-70(28-24-54-21-25-67(69)71(53)72(54)68)74(64-37-51(7)30-52(8)38-64)66-43-61(57-19-11-15-47(3)33-57)40-62(44-66)58-20-12-16-48(4)34-58/h9-44H,1-8H3. The molecule has 0 aliphatic heterocycles. The van der Waals surface area contributed by atoms with Gasteiger partial charge in [-0.05, 0) is 216 Å². The highest BCUT2D eigenvalue weighted by atomic mass is 15.2. The second-order valence-corrected chi connectivity index (χ2v) is 21.0. The van der Waals surface area contributed by atoms with Crippen LogP contribution >= 0.6 is 0 Å². The van der Waals surface area contributed by atoms with E-state index in [4.69, 9.17) is 0 Å². The molecule has 12 rings (SSSR count). The maximum atomic E-state index is 2.51. The molecule has 0 amide bonds. The predicted molar refractivity (Wildman–Crippen MR) is 319 cm³/mol. The van der Waals surface area contributed by atoms with E-state index in [0.29, 0.717) is 0 Å². The van der Waals surface area contributed by atoms with E-state index in [-0.39, 0.29) is 0 Å². The first kappa shape index (κ1) is 46.4. The fourth-order valence-electron chi connectivity index (χ4n) is 11.6. The van der Waals surface area contributed by atoms with Gasteiger partial charge in [-0.2, -0.15) is 0 Å². The highest BCUT2D eigenvalue weighted by Gasteiger charge is 2.24. The third-order valence-corrected chi connectivity index (χ3v) is 14.8. The SMILES string of the molecule is Cc1cccc(-c2cc(-c3cccc(C)c3)cc(N(c3cc(C)cc(C)c3)c3ccc4ccc5c(N(c6cc(C)cc(C)c6)c6cc(-c7cccc(C)c7)cc(-c7cccc(C)c7)c6)ccc6ccc3c4c65)c2)c1. The number of anilines is 6. The summed E-state index contributed by atoms with van der Waals surface area (Å²) in [6.45, 7) is 17.6. The lowest BCUT2D eigenvalue weighted by Crippen LogP contribution is -2.12. The molecule has 0 N–H and O–H groups in total. The summed E-state index contributed by atoms with van der Waals surface area (Å²) in [5.41, 5.74) is 26.2. The first-order valence-electron chi connectivity index (χ1n) is 25.9. The third-order valence-electron chi connectivity index (χ3n) is 14.8. The van der Waals surface area contributed by atoms with E-state index in [9.17, 15) is 0 Å². The number of hydrogen-bond acceptors (Lipinski definition) is 2. The Bertz CT molecular complexity index is 3700. The molecule has 0 aliphatic carbocycles. The molecule has 0 heterocycles. The van der Waals surface area contributed by atoms with Crippen molar-refractivity contribution in [2.45, 2.75) is 55.4 Å². The summed E-state index contributed by atoms with van der Waals surface area (Å²) in [5, 5.41) is 7.37. The quantitative estimate of drug-likeness (QED) is 0.126. The molecule has 0 aliphatic rings. The zero-order valence-corrected chi connectivity index (χ0v) is 43.7. The highest BCUT2D eigenvalue weighted by molar-refractivity contribution is 6.28. The predicted octanol–water partition coefficient (Wildman–Crippen LogP) is 20.7. The van der Waals surface area contributed by atoms with E-state index in [1.165, 1.54) is 121 Å². The molecule has 0 fully saturated rings. The molecule has 2 nitrogen and oxygen atoms in total. The minimum absolute atomic E-state index is 1.11. The summed E-state index contributed by atoms with van der Waals surface area (Å²) in [6, 6.07) is 82.5. The molecule has 12 aromatic rings. The topological polar surface area (TPSA) is 6.48 Å². The monoisotopic (exact) mass is 952 g/mol. The number of nitrogens with zero attached hydrogens (tertiary/aromatic N) is 2. The fourth-order valence-corrected chi connectivity index (χ4v) is 11.6. The van der Waals surface area contributed by atoms with Gasteiger partial charge in [0, 0.05) is 33.5 Å². The molecule has 12 aromatic carbocycles. The molecular formula is C72H60N2. The Morgan fingerprint density at radius 3 is 0.797 bits per heavy atom. The number of hydrogen-bond donors (Lipinski definition) is 0. The molecule has 358 valence electrons. The van der Waals surface area contributed by atoms with Gasteiger partial charge in [-0.25, -0.2) is 0 Å². The van der Waals surface area contributed by atoms with Crippen LogP contribution in [0.3, 0.4) is 0 Å². The van der Waals surface area contributed by atoms with Crippen LogP contribution in [0.25, 0.3) is 76.8 Å². The van der Waals surface area contributed by atoms with Crippen LogP contribution in [-0.4, -0.2) is 0 Å². The van der Waals surface area contributed by atoms with E-state index in [1.807, 2.05) is 0 Å². The van der Waals surface area contributed by atoms with Crippen LogP contribution in [0.5, 0.6) is 0 Å². The van der Waals surface area contributed by atoms with Crippen LogP contribution in [0.15, 0.2) is 218 Å². The fraction of sp³-hybridized carbons (Fsp3) is 0.111. The molecular weight excluding hydrogens is 893 g/mol. The van der Waals surface area contributed by atoms with E-state index < -0.39 is 0 Å². The molecule has 2 heteroatoms. The molecule has 74 heavy (non-hydrogen) atoms. The van der Waals surface area contributed by atoms with Crippen LogP contribution in [0.2, 0.25) is 0 Å². The average Bonchev–Trinajstić information content (AvgIpc) is 3.38. The Balaban J connectivity index is 1.12. The van der Waals surface area contributed by atoms with E-state index in [0.717, 1.165) is 34.1 Å². The van der Waals surface area contributed by atoms with Crippen molar-refractivity contribution >= 4 is 66.4 Å². The molecule has 0 saturated carbocycles. The van der Waals surface area contributed by atoms with Gasteiger partial charge >= 0.3 is 0 Å². The maximum absolute atomic E-state index is 2.51. The van der Waals surface area contributed by atoms with Crippen molar-refractivity contribution in [3.63, 3.8) is 0 Å². The van der Waals surface area contributed by atoms with E-state index in [2.05, 4.69) is 284 Å². The molecule has 0 aromatic heterocycles. The lowest BCUT2D eigenvalue weighted by molar-refractivity contribution is 1.26. The third kappa shape index (κ3) is 8.77. The van der Waals surface area contributed by atoms with Crippen LogP contribution in [0.1, 0.15) is 44.5 Å². The van der Waals surface area contributed by atoms with Crippen LogP contribution in [-0.2, 0) is 0 Å². The zero-order valence-electron chi connectivity index (χ0n) is 43.7. The summed E-state index contributed by atoms with van der Waals surface area (Å²) in [4.78, 5) is 5.02. The average molecular weight is 953 g/mol. The minimum Gasteiger partial charge on any atom is -0.310 e. The second kappa shape index (κ2) is 18.7. The number of aryl methyl sites for hydroxylation is 8. The van der Waals surface area contributed by atoms with Crippen molar-refractivity contribution in [3.8, 4) is 44.5 Å². The Morgan fingerprint density at radius 1 is 0.216 bits per heavy atom. The molecule has 0 bridgehead atoms. The lowest BCUT2D eigenvalue weighted by atomic mass is 9.91. The number of benzene rings is 12. The Hall–Kier alpha value is -8.72. The van der Waals surface area contributed by atoms with Crippen molar-refractivity contribution in [1.82, 2.24) is 0 Å². The van der Waals surface area contributed by atoms with Gasteiger partial charge in [-0.1, -0.05) is 168 Å².